The van der Waals surface area contributed by atoms with Crippen LogP contribution >= 0.6 is 11.3 Å². The van der Waals surface area contributed by atoms with E-state index in [2.05, 4.69) is 25.4 Å². The Balaban J connectivity index is 1.46. The molecule has 1 aromatic carbocycles. The molecular weight excluding hydrogens is 442 g/mol. The highest BCUT2D eigenvalue weighted by Crippen LogP contribution is 2.29. The number of carbonyl (C=O) groups is 2. The SMILES string of the molecule is COC(=O)c1cc(-c2csc(NC(=O)c3cc(-c4ccccc4)nc4onc(C)c34)n2)c[nH]1. The van der Waals surface area contributed by atoms with Gasteiger partial charge in [-0.1, -0.05) is 35.5 Å². The fourth-order valence-corrected chi connectivity index (χ4v) is 4.14. The van der Waals surface area contributed by atoms with Crippen molar-refractivity contribution in [3.05, 3.63) is 71.0 Å². The number of carbonyl (C=O) groups excluding carboxylic acids is 2. The summed E-state index contributed by atoms with van der Waals surface area (Å²) in [6.45, 7) is 1.76. The number of esters is 1. The van der Waals surface area contributed by atoms with Crippen LogP contribution in [0.25, 0.3) is 33.6 Å². The van der Waals surface area contributed by atoms with Crippen molar-refractivity contribution in [1.82, 2.24) is 20.1 Å². The number of fused-ring (bicyclic) bond motifs is 1. The molecule has 0 radical (unpaired) electrons. The summed E-state index contributed by atoms with van der Waals surface area (Å²) in [6.07, 6.45) is 1.66. The standard InChI is InChI=1S/C23H17N5O4S/c1-12-19-15(9-16(25-21(19)32-28-12)13-6-4-3-5-7-13)20(29)27-23-26-18(11-33-23)14-8-17(24-10-14)22(30)31-2/h3-11,24H,1-2H3,(H,26,27,29). The van der Waals surface area contributed by atoms with Crippen molar-refractivity contribution in [2.24, 2.45) is 0 Å². The third-order valence-corrected chi connectivity index (χ3v) is 5.80. The number of pyridine rings is 1. The van der Waals surface area contributed by atoms with E-state index in [1.165, 1.54) is 18.4 Å². The zero-order chi connectivity index (χ0) is 22.9. The molecule has 0 saturated carbocycles. The van der Waals surface area contributed by atoms with Crippen LogP contribution in [0.3, 0.4) is 0 Å². The second-order valence-electron chi connectivity index (χ2n) is 7.15. The fourth-order valence-electron chi connectivity index (χ4n) is 3.43. The molecule has 0 saturated heterocycles. The molecule has 2 N–H and O–H groups in total. The Hall–Kier alpha value is -4.31. The molecule has 0 spiro atoms. The highest BCUT2D eigenvalue weighted by molar-refractivity contribution is 7.14. The third-order valence-electron chi connectivity index (χ3n) is 5.04. The van der Waals surface area contributed by atoms with Crippen LogP contribution in [0.2, 0.25) is 0 Å². The Kier molecular flexibility index (Phi) is 5.19. The molecule has 0 aliphatic carbocycles. The summed E-state index contributed by atoms with van der Waals surface area (Å²) < 4.78 is 10.1. The zero-order valence-corrected chi connectivity index (χ0v) is 18.4. The van der Waals surface area contributed by atoms with Crippen LogP contribution in [0.5, 0.6) is 0 Å². The van der Waals surface area contributed by atoms with Crippen LogP contribution in [-0.2, 0) is 4.74 Å². The molecule has 5 rings (SSSR count). The molecule has 10 heteroatoms. The van der Waals surface area contributed by atoms with E-state index in [0.717, 1.165) is 5.56 Å². The zero-order valence-electron chi connectivity index (χ0n) is 17.6. The van der Waals surface area contributed by atoms with E-state index >= 15 is 0 Å². The van der Waals surface area contributed by atoms with E-state index < -0.39 is 5.97 Å². The van der Waals surface area contributed by atoms with Crippen molar-refractivity contribution in [2.75, 3.05) is 12.4 Å². The van der Waals surface area contributed by atoms with Crippen molar-refractivity contribution in [2.45, 2.75) is 6.92 Å². The number of H-pyrrole nitrogens is 1. The number of amides is 1. The number of nitrogens with zero attached hydrogens (tertiary/aromatic N) is 3. The Bertz CT molecular complexity index is 1490. The lowest BCUT2D eigenvalue weighted by molar-refractivity contribution is 0.0594. The number of aryl methyl sites for hydroxylation is 1. The maximum atomic E-state index is 13.2. The van der Waals surface area contributed by atoms with Gasteiger partial charge in [0.2, 0.25) is 0 Å². The average molecular weight is 459 g/mol. The van der Waals surface area contributed by atoms with Crippen LogP contribution in [0.4, 0.5) is 5.13 Å². The summed E-state index contributed by atoms with van der Waals surface area (Å²) in [5.74, 6) is -0.818. The van der Waals surface area contributed by atoms with E-state index in [9.17, 15) is 9.59 Å². The number of anilines is 1. The van der Waals surface area contributed by atoms with Crippen molar-refractivity contribution in [1.29, 1.82) is 0 Å². The molecule has 4 aromatic heterocycles. The molecule has 0 atom stereocenters. The molecule has 0 aliphatic heterocycles. The lowest BCUT2D eigenvalue weighted by Crippen LogP contribution is -2.13. The van der Waals surface area contributed by atoms with Gasteiger partial charge in [-0.2, -0.15) is 0 Å². The number of nitrogens with one attached hydrogen (secondary N) is 2. The summed E-state index contributed by atoms with van der Waals surface area (Å²) in [5, 5.41) is 9.58. The quantitative estimate of drug-likeness (QED) is 0.366. The van der Waals surface area contributed by atoms with Gasteiger partial charge >= 0.3 is 5.97 Å². The minimum atomic E-state index is -0.468. The predicted molar refractivity (Wildman–Crippen MR) is 123 cm³/mol. The smallest absolute Gasteiger partial charge is 0.354 e. The number of methoxy groups -OCH3 is 1. The predicted octanol–water partition coefficient (Wildman–Crippen LogP) is 4.69. The molecule has 0 bridgehead atoms. The van der Waals surface area contributed by atoms with Crippen molar-refractivity contribution >= 4 is 39.4 Å². The number of aromatic amines is 1. The fraction of sp³-hybridized carbons (Fsp3) is 0.0870. The van der Waals surface area contributed by atoms with E-state index in [-0.39, 0.29) is 5.91 Å². The second-order valence-corrected chi connectivity index (χ2v) is 8.01. The summed E-state index contributed by atoms with van der Waals surface area (Å²) in [6, 6.07) is 12.9. The Morgan fingerprint density at radius 1 is 1.09 bits per heavy atom. The molecule has 0 unspecified atom stereocenters. The van der Waals surface area contributed by atoms with Gasteiger partial charge in [-0.05, 0) is 19.1 Å². The Morgan fingerprint density at radius 2 is 1.91 bits per heavy atom. The number of rotatable bonds is 5. The normalized spacial score (nSPS) is 11.0. The van der Waals surface area contributed by atoms with E-state index in [4.69, 9.17) is 9.26 Å². The molecular formula is C23H17N5O4S. The van der Waals surface area contributed by atoms with Gasteiger partial charge in [0, 0.05) is 22.7 Å². The molecule has 0 fully saturated rings. The van der Waals surface area contributed by atoms with E-state index in [0.29, 0.717) is 50.1 Å². The summed E-state index contributed by atoms with van der Waals surface area (Å²) in [5.41, 5.74) is 4.36. The largest absolute Gasteiger partial charge is 0.464 e. The number of aromatic nitrogens is 4. The number of hydrogen-bond acceptors (Lipinski definition) is 8. The highest BCUT2D eigenvalue weighted by atomic mass is 32.1. The highest BCUT2D eigenvalue weighted by Gasteiger charge is 2.21. The molecule has 33 heavy (non-hydrogen) atoms. The number of ether oxygens (including phenoxy) is 1. The van der Waals surface area contributed by atoms with Gasteiger partial charge in [-0.25, -0.2) is 14.8 Å². The van der Waals surface area contributed by atoms with E-state index in [1.54, 1.807) is 30.6 Å². The van der Waals surface area contributed by atoms with Crippen molar-refractivity contribution in [3.8, 4) is 22.5 Å². The van der Waals surface area contributed by atoms with Crippen LogP contribution in [0.1, 0.15) is 26.5 Å². The van der Waals surface area contributed by atoms with Gasteiger partial charge in [0.05, 0.1) is 35.1 Å². The topological polar surface area (TPSA) is 123 Å². The molecule has 4 heterocycles. The first-order valence-corrected chi connectivity index (χ1v) is 10.8. The van der Waals surface area contributed by atoms with Gasteiger partial charge in [0.25, 0.3) is 11.6 Å². The lowest BCUT2D eigenvalue weighted by Gasteiger charge is -2.06. The molecule has 164 valence electrons. The van der Waals surface area contributed by atoms with Gasteiger partial charge in [-0.15, -0.1) is 11.3 Å². The van der Waals surface area contributed by atoms with Crippen molar-refractivity contribution in [3.63, 3.8) is 0 Å². The van der Waals surface area contributed by atoms with Crippen LogP contribution in [-0.4, -0.2) is 39.1 Å². The first kappa shape index (κ1) is 20.6. The summed E-state index contributed by atoms with van der Waals surface area (Å²) >= 11 is 1.28. The molecule has 9 nitrogen and oxygen atoms in total. The van der Waals surface area contributed by atoms with Gasteiger partial charge in [0.15, 0.2) is 5.13 Å². The second kappa shape index (κ2) is 8.32. The maximum absolute atomic E-state index is 13.2. The Morgan fingerprint density at radius 3 is 2.70 bits per heavy atom. The van der Waals surface area contributed by atoms with Gasteiger partial charge < -0.3 is 14.2 Å². The van der Waals surface area contributed by atoms with Crippen LogP contribution in [0.15, 0.2) is 58.6 Å². The maximum Gasteiger partial charge on any atom is 0.354 e. The third kappa shape index (κ3) is 3.87. The monoisotopic (exact) mass is 459 g/mol. The minimum absolute atomic E-state index is 0.293. The first-order chi connectivity index (χ1) is 16.0. The number of benzene rings is 1. The van der Waals surface area contributed by atoms with Crippen molar-refractivity contribution < 1.29 is 18.8 Å². The summed E-state index contributed by atoms with van der Waals surface area (Å²) in [4.78, 5) is 36.7. The minimum Gasteiger partial charge on any atom is -0.464 e. The summed E-state index contributed by atoms with van der Waals surface area (Å²) in [7, 11) is 1.32. The van der Waals surface area contributed by atoms with Gasteiger partial charge in [-0.3, -0.25) is 10.1 Å². The molecule has 0 aliphatic rings. The van der Waals surface area contributed by atoms with Crippen LogP contribution < -0.4 is 5.32 Å². The van der Waals surface area contributed by atoms with Crippen LogP contribution in [0, 0.1) is 6.92 Å². The average Bonchev–Trinajstić information content (AvgIpc) is 3.59. The lowest BCUT2D eigenvalue weighted by atomic mass is 10.1. The number of thiazole rings is 1. The van der Waals surface area contributed by atoms with Gasteiger partial charge in [0.1, 0.15) is 5.69 Å². The first-order valence-electron chi connectivity index (χ1n) is 9.90. The Labute approximate surface area is 191 Å². The van der Waals surface area contributed by atoms with E-state index in [1.807, 2.05) is 30.3 Å². The number of hydrogen-bond donors (Lipinski definition) is 2. The molecule has 5 aromatic rings. The molecule has 1 amide bonds.